The van der Waals surface area contributed by atoms with E-state index in [4.69, 9.17) is 0 Å². The third kappa shape index (κ3) is 4.50. The van der Waals surface area contributed by atoms with Crippen LogP contribution in [0.1, 0.15) is 0 Å². The number of rotatable bonds is 5. The monoisotopic (exact) mass is 636 g/mol. The Bertz CT molecular complexity index is 2840. The van der Waals surface area contributed by atoms with Crippen LogP contribution in [0, 0.1) is 0 Å². The molecule has 0 aliphatic heterocycles. The van der Waals surface area contributed by atoms with Gasteiger partial charge in [0.1, 0.15) is 0 Å². The van der Waals surface area contributed by atoms with Gasteiger partial charge in [0.15, 0.2) is 0 Å². The lowest BCUT2D eigenvalue weighted by molar-refractivity contribution is 1.18. The van der Waals surface area contributed by atoms with Crippen LogP contribution < -0.4 is 0 Å². The Morgan fingerprint density at radius 3 is 1.42 bits per heavy atom. The minimum Gasteiger partial charge on any atom is -0.309 e. The Labute approximate surface area is 290 Å². The van der Waals surface area contributed by atoms with Crippen LogP contribution in [0.15, 0.2) is 194 Å². The molecule has 0 spiro atoms. The molecule has 0 fully saturated rings. The molecular formula is C48H32N2. The van der Waals surface area contributed by atoms with Crippen LogP contribution in [0.5, 0.6) is 0 Å². The molecule has 0 saturated carbocycles. The van der Waals surface area contributed by atoms with E-state index in [1.165, 1.54) is 82.7 Å². The van der Waals surface area contributed by atoms with E-state index in [0.29, 0.717) is 0 Å². The van der Waals surface area contributed by atoms with Crippen LogP contribution in [0.2, 0.25) is 0 Å². The van der Waals surface area contributed by atoms with Gasteiger partial charge in [0.25, 0.3) is 0 Å². The van der Waals surface area contributed by atoms with E-state index >= 15 is 0 Å². The summed E-state index contributed by atoms with van der Waals surface area (Å²) in [6.07, 6.45) is 0. The van der Waals surface area contributed by atoms with Crippen molar-refractivity contribution < 1.29 is 0 Å². The molecule has 8 aromatic carbocycles. The fourth-order valence-electron chi connectivity index (χ4n) is 7.81. The van der Waals surface area contributed by atoms with Crippen LogP contribution >= 0.6 is 0 Å². The zero-order valence-electron chi connectivity index (χ0n) is 27.4. The topological polar surface area (TPSA) is 9.86 Å². The Hall–Kier alpha value is -6.64. The molecule has 0 N–H and O–H groups in total. The van der Waals surface area contributed by atoms with E-state index in [1.54, 1.807) is 0 Å². The van der Waals surface area contributed by atoms with Gasteiger partial charge in [0, 0.05) is 32.8 Å². The first-order valence-electron chi connectivity index (χ1n) is 17.2. The van der Waals surface area contributed by atoms with E-state index in [0.717, 1.165) is 5.69 Å². The number of aromatic nitrogens is 2. The summed E-state index contributed by atoms with van der Waals surface area (Å²) >= 11 is 0. The van der Waals surface area contributed by atoms with Crippen molar-refractivity contribution >= 4 is 43.6 Å². The zero-order chi connectivity index (χ0) is 33.0. The van der Waals surface area contributed by atoms with Crippen molar-refractivity contribution in [1.29, 1.82) is 0 Å². The summed E-state index contributed by atoms with van der Waals surface area (Å²) in [5, 5.41) is 4.98. The average molecular weight is 637 g/mol. The molecule has 0 radical (unpaired) electrons. The number of hydrogen-bond donors (Lipinski definition) is 0. The highest BCUT2D eigenvalue weighted by Crippen LogP contribution is 2.41. The van der Waals surface area contributed by atoms with Gasteiger partial charge < -0.3 is 9.13 Å². The number of fused-ring (bicyclic) bond motifs is 6. The summed E-state index contributed by atoms with van der Waals surface area (Å²) < 4.78 is 4.90. The molecule has 2 heteroatoms. The van der Waals surface area contributed by atoms with Crippen molar-refractivity contribution in [3.63, 3.8) is 0 Å². The Balaban J connectivity index is 1.19. The van der Waals surface area contributed by atoms with E-state index < -0.39 is 0 Å². The fourth-order valence-corrected chi connectivity index (χ4v) is 7.81. The molecule has 50 heavy (non-hydrogen) atoms. The van der Waals surface area contributed by atoms with Crippen LogP contribution in [0.3, 0.4) is 0 Å². The summed E-state index contributed by atoms with van der Waals surface area (Å²) in [6, 6.07) is 70.4. The first-order valence-corrected chi connectivity index (χ1v) is 17.2. The van der Waals surface area contributed by atoms with Gasteiger partial charge in [-0.3, -0.25) is 0 Å². The Kier molecular flexibility index (Phi) is 6.53. The lowest BCUT2D eigenvalue weighted by Crippen LogP contribution is -1.97. The first-order chi connectivity index (χ1) is 24.8. The van der Waals surface area contributed by atoms with Gasteiger partial charge >= 0.3 is 0 Å². The molecule has 10 aromatic rings. The summed E-state index contributed by atoms with van der Waals surface area (Å²) in [7, 11) is 0. The molecule has 0 atom stereocenters. The predicted octanol–water partition coefficient (Wildman–Crippen LogP) is 12.9. The molecule has 10 rings (SSSR count). The molecule has 234 valence electrons. The smallest absolute Gasteiger partial charge is 0.0549 e. The molecular weight excluding hydrogens is 605 g/mol. The van der Waals surface area contributed by atoms with Gasteiger partial charge in [-0.05, 0) is 70.3 Å². The van der Waals surface area contributed by atoms with E-state index in [9.17, 15) is 0 Å². The Morgan fingerprint density at radius 1 is 0.260 bits per heavy atom. The van der Waals surface area contributed by atoms with Crippen molar-refractivity contribution in [3.05, 3.63) is 194 Å². The van der Waals surface area contributed by atoms with Gasteiger partial charge in [0.05, 0.1) is 27.8 Å². The first kappa shape index (κ1) is 28.4. The molecule has 0 aliphatic rings. The highest BCUT2D eigenvalue weighted by Gasteiger charge is 2.20. The van der Waals surface area contributed by atoms with E-state index in [1.807, 2.05) is 0 Å². The molecule has 2 heterocycles. The highest BCUT2D eigenvalue weighted by atomic mass is 15.0. The van der Waals surface area contributed by atoms with Crippen molar-refractivity contribution in [2.24, 2.45) is 0 Å². The normalized spacial score (nSPS) is 11.6. The second-order valence-electron chi connectivity index (χ2n) is 13.0. The van der Waals surface area contributed by atoms with Gasteiger partial charge in [-0.25, -0.2) is 0 Å². The average Bonchev–Trinajstić information content (AvgIpc) is 3.70. The third-order valence-electron chi connectivity index (χ3n) is 10.1. The maximum absolute atomic E-state index is 2.46. The molecule has 0 unspecified atom stereocenters. The van der Waals surface area contributed by atoms with Crippen LogP contribution in [-0.2, 0) is 0 Å². The summed E-state index contributed by atoms with van der Waals surface area (Å²) in [5.74, 6) is 0. The van der Waals surface area contributed by atoms with E-state index in [2.05, 4.69) is 203 Å². The number of hydrogen-bond acceptors (Lipinski definition) is 0. The van der Waals surface area contributed by atoms with Gasteiger partial charge in [-0.2, -0.15) is 0 Å². The van der Waals surface area contributed by atoms with Crippen molar-refractivity contribution in [1.82, 2.24) is 9.13 Å². The lowest BCUT2D eigenvalue weighted by atomic mass is 10.00. The van der Waals surface area contributed by atoms with Crippen LogP contribution in [0.25, 0.3) is 88.4 Å². The maximum Gasteiger partial charge on any atom is 0.0549 e. The molecule has 2 aromatic heterocycles. The van der Waals surface area contributed by atoms with Gasteiger partial charge in [-0.1, -0.05) is 152 Å². The second-order valence-corrected chi connectivity index (χ2v) is 13.0. The molecule has 0 aliphatic carbocycles. The lowest BCUT2D eigenvalue weighted by Gasteiger charge is -2.14. The quantitative estimate of drug-likeness (QED) is 0.178. The SMILES string of the molecule is c1ccc(-c2ccc(-c3cccc(-n4c5ccccc5c5cc6c(cc54)c4ccccc4n6-c4ccccc4-c4ccccc4)c3)cc2)cc1. The van der Waals surface area contributed by atoms with Crippen molar-refractivity contribution in [3.8, 4) is 44.8 Å². The molecule has 0 amide bonds. The van der Waals surface area contributed by atoms with Crippen LogP contribution in [0.4, 0.5) is 0 Å². The van der Waals surface area contributed by atoms with Crippen molar-refractivity contribution in [2.75, 3.05) is 0 Å². The zero-order valence-corrected chi connectivity index (χ0v) is 27.4. The maximum atomic E-state index is 2.46. The summed E-state index contributed by atoms with van der Waals surface area (Å²) in [4.78, 5) is 0. The van der Waals surface area contributed by atoms with Gasteiger partial charge in [-0.15, -0.1) is 0 Å². The third-order valence-corrected chi connectivity index (χ3v) is 10.1. The fraction of sp³-hybridized carbons (Fsp3) is 0. The number of para-hydroxylation sites is 3. The largest absolute Gasteiger partial charge is 0.309 e. The minimum atomic E-state index is 1.15. The van der Waals surface area contributed by atoms with Crippen molar-refractivity contribution in [2.45, 2.75) is 0 Å². The molecule has 2 nitrogen and oxygen atoms in total. The predicted molar refractivity (Wildman–Crippen MR) is 211 cm³/mol. The number of nitrogens with zero attached hydrogens (tertiary/aromatic N) is 2. The number of benzene rings is 8. The standard InChI is InChI=1S/C48H32N2/c1-3-14-33(15-4-1)34-26-28-35(29-27-34)37-18-13-19-38(30-37)49-45-24-11-8-21-40(45)42-32-48-43(31-47(42)49)41-22-9-12-25-46(41)50(48)44-23-10-7-20-39(44)36-16-5-2-6-17-36/h1-32H. The molecule has 0 saturated heterocycles. The highest BCUT2D eigenvalue weighted by molar-refractivity contribution is 6.19. The van der Waals surface area contributed by atoms with Gasteiger partial charge in [0.2, 0.25) is 0 Å². The summed E-state index contributed by atoms with van der Waals surface area (Å²) in [6.45, 7) is 0. The summed E-state index contributed by atoms with van der Waals surface area (Å²) in [5.41, 5.74) is 14.4. The van der Waals surface area contributed by atoms with E-state index in [-0.39, 0.29) is 0 Å². The Morgan fingerprint density at radius 2 is 0.740 bits per heavy atom. The minimum absolute atomic E-state index is 1.15. The second kappa shape index (κ2) is 11.5. The molecule has 0 bridgehead atoms. The van der Waals surface area contributed by atoms with Crippen LogP contribution in [-0.4, -0.2) is 9.13 Å².